The summed E-state index contributed by atoms with van der Waals surface area (Å²) in [5.41, 5.74) is 1.76. The molecule has 0 aliphatic rings. The normalized spacial score (nSPS) is 10.7. The third kappa shape index (κ3) is 9.20. The monoisotopic (exact) mass is 427 g/mol. The van der Waals surface area contributed by atoms with Gasteiger partial charge in [0.15, 0.2) is 0 Å². The van der Waals surface area contributed by atoms with Crippen LogP contribution in [0.15, 0.2) is 48.5 Å². The minimum absolute atomic E-state index is 0.137. The number of amides is 3. The number of carbonyl (C=O) groups excluding carboxylic acids is 3. The molecular weight excluding hydrogens is 398 g/mol. The Morgan fingerprint density at radius 2 is 1.61 bits per heavy atom. The average molecular weight is 428 g/mol. The maximum Gasteiger partial charge on any atom is 0.408 e. The molecule has 0 aromatic heterocycles. The highest BCUT2D eigenvalue weighted by atomic mass is 16.6. The van der Waals surface area contributed by atoms with Crippen molar-refractivity contribution >= 4 is 23.6 Å². The van der Waals surface area contributed by atoms with Gasteiger partial charge >= 0.3 is 6.09 Å². The Morgan fingerprint density at radius 3 is 2.26 bits per heavy atom. The predicted molar refractivity (Wildman–Crippen MR) is 118 cm³/mol. The topological polar surface area (TPSA) is 106 Å². The summed E-state index contributed by atoms with van der Waals surface area (Å²) in [6.45, 7) is 5.37. The molecule has 31 heavy (non-hydrogen) atoms. The largest absolute Gasteiger partial charge is 0.497 e. The molecule has 8 heteroatoms. The first-order valence-electron chi connectivity index (χ1n) is 9.90. The number of carbonyl (C=O) groups is 3. The van der Waals surface area contributed by atoms with Crippen molar-refractivity contribution in [3.63, 3.8) is 0 Å². The molecule has 3 amide bonds. The van der Waals surface area contributed by atoms with E-state index >= 15 is 0 Å². The fourth-order valence-electron chi connectivity index (χ4n) is 2.61. The van der Waals surface area contributed by atoms with Gasteiger partial charge in [-0.1, -0.05) is 24.3 Å². The van der Waals surface area contributed by atoms with E-state index in [4.69, 9.17) is 9.47 Å². The third-order valence-electron chi connectivity index (χ3n) is 4.02. The van der Waals surface area contributed by atoms with Gasteiger partial charge in [0.25, 0.3) is 0 Å². The van der Waals surface area contributed by atoms with Gasteiger partial charge in [-0.2, -0.15) is 0 Å². The third-order valence-corrected chi connectivity index (χ3v) is 4.02. The van der Waals surface area contributed by atoms with Crippen LogP contribution < -0.4 is 20.7 Å². The molecule has 3 N–H and O–H groups in total. The molecule has 0 aliphatic heterocycles. The van der Waals surface area contributed by atoms with Crippen molar-refractivity contribution < 1.29 is 23.9 Å². The summed E-state index contributed by atoms with van der Waals surface area (Å²) < 4.78 is 10.2. The lowest BCUT2D eigenvalue weighted by molar-refractivity contribution is -0.120. The first-order chi connectivity index (χ1) is 14.6. The van der Waals surface area contributed by atoms with Crippen LogP contribution >= 0.6 is 0 Å². The van der Waals surface area contributed by atoms with Crippen LogP contribution in [0.25, 0.3) is 0 Å². The molecule has 2 aromatic carbocycles. The van der Waals surface area contributed by atoms with Crippen molar-refractivity contribution in [1.82, 2.24) is 10.6 Å². The lowest BCUT2D eigenvalue weighted by Gasteiger charge is -2.19. The molecule has 0 unspecified atom stereocenters. The second-order valence-electron chi connectivity index (χ2n) is 7.91. The zero-order valence-corrected chi connectivity index (χ0v) is 18.3. The Hall–Kier alpha value is -3.55. The molecule has 0 saturated carbocycles. The van der Waals surface area contributed by atoms with Gasteiger partial charge in [0.2, 0.25) is 11.8 Å². The summed E-state index contributed by atoms with van der Waals surface area (Å²) in [5, 5.41) is 7.96. The van der Waals surface area contributed by atoms with E-state index in [2.05, 4.69) is 16.0 Å². The number of hydrogen-bond acceptors (Lipinski definition) is 5. The minimum Gasteiger partial charge on any atom is -0.497 e. The number of hydrogen-bond donors (Lipinski definition) is 3. The van der Waals surface area contributed by atoms with E-state index in [0.717, 1.165) is 11.1 Å². The second-order valence-corrected chi connectivity index (χ2v) is 7.91. The molecule has 0 heterocycles. The quantitative estimate of drug-likeness (QED) is 0.601. The molecule has 8 nitrogen and oxygen atoms in total. The Balaban J connectivity index is 1.75. The SMILES string of the molecule is COc1cccc(CC(=O)Nc2ccc(CNC(=O)CNC(=O)OC(C)(C)C)cc2)c1. The minimum atomic E-state index is -0.642. The molecule has 0 fully saturated rings. The lowest BCUT2D eigenvalue weighted by atomic mass is 10.1. The van der Waals surface area contributed by atoms with Gasteiger partial charge in [-0.3, -0.25) is 9.59 Å². The predicted octanol–water partition coefficient (Wildman–Crippen LogP) is 3.02. The van der Waals surface area contributed by atoms with Crippen LogP contribution in [0.4, 0.5) is 10.5 Å². The van der Waals surface area contributed by atoms with Crippen LogP contribution in [-0.4, -0.2) is 37.2 Å². The first-order valence-corrected chi connectivity index (χ1v) is 9.90. The molecule has 0 aliphatic carbocycles. The molecular formula is C23H29N3O5. The zero-order chi connectivity index (χ0) is 22.9. The summed E-state index contributed by atoms with van der Waals surface area (Å²) in [4.78, 5) is 35.7. The standard InChI is InChI=1S/C23H29N3O5/c1-23(2,3)31-22(29)25-15-21(28)24-14-16-8-10-18(11-9-16)26-20(27)13-17-6-5-7-19(12-17)30-4/h5-12H,13-15H2,1-4H3,(H,24,28)(H,25,29)(H,26,27). The fraction of sp³-hybridized carbons (Fsp3) is 0.348. The Bertz CT molecular complexity index is 904. The Kier molecular flexibility index (Phi) is 8.43. The van der Waals surface area contributed by atoms with Crippen LogP contribution in [-0.2, 0) is 27.3 Å². The van der Waals surface area contributed by atoms with Crippen molar-refractivity contribution in [1.29, 1.82) is 0 Å². The van der Waals surface area contributed by atoms with Crippen LogP contribution in [0.3, 0.4) is 0 Å². The van der Waals surface area contributed by atoms with Crippen LogP contribution in [0, 0.1) is 0 Å². The number of alkyl carbamates (subject to hydrolysis) is 1. The van der Waals surface area contributed by atoms with Gasteiger partial charge in [-0.15, -0.1) is 0 Å². The number of anilines is 1. The molecule has 0 radical (unpaired) electrons. The summed E-state index contributed by atoms with van der Waals surface area (Å²) in [6, 6.07) is 14.5. The lowest BCUT2D eigenvalue weighted by Crippen LogP contribution is -2.39. The second kappa shape index (κ2) is 11.0. The number of ether oxygens (including phenoxy) is 2. The number of methoxy groups -OCH3 is 1. The van der Waals surface area contributed by atoms with Crippen molar-refractivity contribution in [2.24, 2.45) is 0 Å². The van der Waals surface area contributed by atoms with Gasteiger partial charge in [0, 0.05) is 12.2 Å². The van der Waals surface area contributed by atoms with Gasteiger partial charge in [-0.05, 0) is 56.2 Å². The van der Waals surface area contributed by atoms with Crippen molar-refractivity contribution in [3.05, 3.63) is 59.7 Å². The fourth-order valence-corrected chi connectivity index (χ4v) is 2.61. The van der Waals surface area contributed by atoms with E-state index in [1.807, 2.05) is 36.4 Å². The number of rotatable bonds is 8. The van der Waals surface area contributed by atoms with E-state index in [-0.39, 0.29) is 24.8 Å². The Morgan fingerprint density at radius 1 is 0.903 bits per heavy atom. The average Bonchev–Trinajstić information content (AvgIpc) is 2.70. The van der Waals surface area contributed by atoms with Gasteiger partial charge in [-0.25, -0.2) is 4.79 Å². The highest BCUT2D eigenvalue weighted by Crippen LogP contribution is 2.14. The summed E-state index contributed by atoms with van der Waals surface area (Å²) in [7, 11) is 1.58. The molecule has 0 saturated heterocycles. The molecule has 0 bridgehead atoms. The Labute approximate surface area is 182 Å². The van der Waals surface area contributed by atoms with Crippen molar-refractivity contribution in [3.8, 4) is 5.75 Å². The summed E-state index contributed by atoms with van der Waals surface area (Å²) >= 11 is 0. The van der Waals surface area contributed by atoms with Gasteiger partial charge in [0.1, 0.15) is 17.9 Å². The van der Waals surface area contributed by atoms with E-state index < -0.39 is 11.7 Å². The highest BCUT2D eigenvalue weighted by Gasteiger charge is 2.16. The maximum absolute atomic E-state index is 12.2. The van der Waals surface area contributed by atoms with Crippen LogP contribution in [0.2, 0.25) is 0 Å². The first kappa shape index (κ1) is 23.7. The van der Waals surface area contributed by atoms with Gasteiger partial charge in [0.05, 0.1) is 13.5 Å². The molecule has 0 atom stereocenters. The molecule has 0 spiro atoms. The van der Waals surface area contributed by atoms with E-state index in [9.17, 15) is 14.4 Å². The van der Waals surface area contributed by atoms with Gasteiger partial charge < -0.3 is 25.4 Å². The highest BCUT2D eigenvalue weighted by molar-refractivity contribution is 5.92. The van der Waals surface area contributed by atoms with Crippen LogP contribution in [0.1, 0.15) is 31.9 Å². The molecule has 2 rings (SSSR count). The van der Waals surface area contributed by atoms with Crippen molar-refractivity contribution in [2.45, 2.75) is 39.3 Å². The maximum atomic E-state index is 12.2. The number of nitrogens with one attached hydrogen (secondary N) is 3. The van der Waals surface area contributed by atoms with Crippen LogP contribution in [0.5, 0.6) is 5.75 Å². The van der Waals surface area contributed by atoms with E-state index in [1.165, 1.54) is 0 Å². The summed E-state index contributed by atoms with van der Waals surface area (Å²) in [6.07, 6.45) is -0.406. The van der Waals surface area contributed by atoms with E-state index in [0.29, 0.717) is 18.0 Å². The van der Waals surface area contributed by atoms with Crippen molar-refractivity contribution in [2.75, 3.05) is 19.0 Å². The van der Waals surface area contributed by atoms with E-state index in [1.54, 1.807) is 40.0 Å². The zero-order valence-electron chi connectivity index (χ0n) is 18.3. The number of benzene rings is 2. The smallest absolute Gasteiger partial charge is 0.408 e. The summed E-state index contributed by atoms with van der Waals surface area (Å²) in [5.74, 6) is 0.238. The molecule has 2 aromatic rings. The molecule has 166 valence electrons.